The standard InChI is InChI=1S/C21H23N5O2S/c1-13-7-9-16(10-8-13)20-24-21(26-25-20)29-12-19(28)22-11-18(27)23-17-6-4-5-14(2)15(17)3/h4-10H,11-12H2,1-3H3,(H,22,28)(H,23,27)(H,24,25,26). The summed E-state index contributed by atoms with van der Waals surface area (Å²) in [7, 11) is 0. The molecule has 0 aliphatic rings. The fourth-order valence-corrected chi connectivity index (χ4v) is 3.22. The molecular formula is C21H23N5O2S. The van der Waals surface area contributed by atoms with Crippen LogP contribution in [0.25, 0.3) is 11.4 Å². The number of amides is 2. The molecule has 1 heterocycles. The van der Waals surface area contributed by atoms with Crippen LogP contribution in [0.1, 0.15) is 16.7 Å². The maximum atomic E-state index is 12.1. The summed E-state index contributed by atoms with van der Waals surface area (Å²) < 4.78 is 0. The Hall–Kier alpha value is -3.13. The van der Waals surface area contributed by atoms with Crippen molar-refractivity contribution in [2.45, 2.75) is 25.9 Å². The maximum absolute atomic E-state index is 12.1. The summed E-state index contributed by atoms with van der Waals surface area (Å²) in [6.45, 7) is 5.86. The number of aromatic amines is 1. The van der Waals surface area contributed by atoms with Gasteiger partial charge in [0, 0.05) is 11.3 Å². The van der Waals surface area contributed by atoms with E-state index in [1.165, 1.54) is 17.3 Å². The first-order valence-corrected chi connectivity index (χ1v) is 10.2. The molecule has 0 saturated carbocycles. The van der Waals surface area contributed by atoms with Gasteiger partial charge in [-0.3, -0.25) is 14.7 Å². The number of benzene rings is 2. The van der Waals surface area contributed by atoms with Gasteiger partial charge in [-0.2, -0.15) is 0 Å². The van der Waals surface area contributed by atoms with Crippen LogP contribution < -0.4 is 10.6 Å². The number of H-pyrrole nitrogens is 1. The number of hydrogen-bond acceptors (Lipinski definition) is 5. The molecule has 29 heavy (non-hydrogen) atoms. The number of carbonyl (C=O) groups is 2. The SMILES string of the molecule is Cc1ccc(-c2nc(SCC(=O)NCC(=O)Nc3cccc(C)c3C)n[nH]2)cc1. The highest BCUT2D eigenvalue weighted by Gasteiger charge is 2.11. The van der Waals surface area contributed by atoms with E-state index in [0.717, 1.165) is 22.4 Å². The average Bonchev–Trinajstić information content (AvgIpc) is 3.18. The third kappa shape index (κ3) is 5.68. The number of thioether (sulfide) groups is 1. The van der Waals surface area contributed by atoms with E-state index < -0.39 is 0 Å². The summed E-state index contributed by atoms with van der Waals surface area (Å²) in [5.41, 5.74) is 4.96. The average molecular weight is 410 g/mol. The molecule has 0 aliphatic carbocycles. The van der Waals surface area contributed by atoms with Gasteiger partial charge in [0.25, 0.3) is 0 Å². The van der Waals surface area contributed by atoms with Crippen molar-refractivity contribution in [3.8, 4) is 11.4 Å². The topological polar surface area (TPSA) is 99.8 Å². The minimum Gasteiger partial charge on any atom is -0.346 e. The minimum atomic E-state index is -0.267. The van der Waals surface area contributed by atoms with Gasteiger partial charge < -0.3 is 10.6 Å². The summed E-state index contributed by atoms with van der Waals surface area (Å²) in [6, 6.07) is 13.6. The van der Waals surface area contributed by atoms with Gasteiger partial charge in [-0.25, -0.2) is 4.98 Å². The zero-order valence-electron chi connectivity index (χ0n) is 16.6. The highest BCUT2D eigenvalue weighted by atomic mass is 32.2. The quantitative estimate of drug-likeness (QED) is 0.520. The Kier molecular flexibility index (Phi) is 6.66. The van der Waals surface area contributed by atoms with Crippen LogP contribution in [-0.4, -0.2) is 39.3 Å². The molecule has 150 valence electrons. The molecule has 3 N–H and O–H groups in total. The molecule has 0 aliphatic heterocycles. The van der Waals surface area contributed by atoms with E-state index in [4.69, 9.17) is 0 Å². The van der Waals surface area contributed by atoms with E-state index in [2.05, 4.69) is 25.8 Å². The van der Waals surface area contributed by atoms with E-state index in [9.17, 15) is 9.59 Å². The van der Waals surface area contributed by atoms with Crippen LogP contribution in [0.5, 0.6) is 0 Å². The van der Waals surface area contributed by atoms with E-state index >= 15 is 0 Å². The van der Waals surface area contributed by atoms with Crippen molar-refractivity contribution in [3.05, 3.63) is 59.2 Å². The number of nitrogens with zero attached hydrogens (tertiary/aromatic N) is 2. The minimum absolute atomic E-state index is 0.0879. The fraction of sp³-hybridized carbons (Fsp3) is 0.238. The lowest BCUT2D eigenvalue weighted by Crippen LogP contribution is -2.34. The second kappa shape index (κ2) is 9.38. The normalized spacial score (nSPS) is 10.6. The number of nitrogens with one attached hydrogen (secondary N) is 3. The van der Waals surface area contributed by atoms with Gasteiger partial charge >= 0.3 is 0 Å². The Morgan fingerprint density at radius 2 is 1.79 bits per heavy atom. The predicted octanol–water partition coefficient (Wildman–Crippen LogP) is 3.24. The number of anilines is 1. The van der Waals surface area contributed by atoms with E-state index in [-0.39, 0.29) is 24.1 Å². The lowest BCUT2D eigenvalue weighted by atomic mass is 10.1. The van der Waals surface area contributed by atoms with Gasteiger partial charge in [-0.1, -0.05) is 53.7 Å². The predicted molar refractivity (Wildman–Crippen MR) is 115 cm³/mol. The molecular weight excluding hydrogens is 386 g/mol. The number of hydrogen-bond donors (Lipinski definition) is 3. The Labute approximate surface area is 173 Å². The lowest BCUT2D eigenvalue weighted by Gasteiger charge is -2.10. The van der Waals surface area contributed by atoms with Crippen molar-refractivity contribution >= 4 is 29.3 Å². The van der Waals surface area contributed by atoms with Crippen LogP contribution in [0.2, 0.25) is 0 Å². The Morgan fingerprint density at radius 1 is 1.03 bits per heavy atom. The highest BCUT2D eigenvalue weighted by molar-refractivity contribution is 7.99. The number of aromatic nitrogens is 3. The second-order valence-corrected chi connectivity index (χ2v) is 7.64. The summed E-state index contributed by atoms with van der Waals surface area (Å²) in [5.74, 6) is 0.257. The van der Waals surface area contributed by atoms with E-state index in [1.54, 1.807) is 0 Å². The molecule has 2 aromatic carbocycles. The summed E-state index contributed by atoms with van der Waals surface area (Å²) in [6.07, 6.45) is 0. The molecule has 0 saturated heterocycles. The smallest absolute Gasteiger partial charge is 0.243 e. The molecule has 0 radical (unpaired) electrons. The monoisotopic (exact) mass is 409 g/mol. The molecule has 0 atom stereocenters. The molecule has 0 bridgehead atoms. The molecule has 0 spiro atoms. The third-order valence-electron chi connectivity index (χ3n) is 4.45. The van der Waals surface area contributed by atoms with Crippen molar-refractivity contribution in [2.24, 2.45) is 0 Å². The fourth-order valence-electron chi connectivity index (χ4n) is 2.59. The Bertz CT molecular complexity index is 1010. The van der Waals surface area contributed by atoms with Crippen LogP contribution in [0.15, 0.2) is 47.6 Å². The zero-order chi connectivity index (χ0) is 20.8. The number of rotatable bonds is 7. The Morgan fingerprint density at radius 3 is 2.55 bits per heavy atom. The first-order chi connectivity index (χ1) is 13.9. The van der Waals surface area contributed by atoms with Crippen LogP contribution in [0, 0.1) is 20.8 Å². The maximum Gasteiger partial charge on any atom is 0.243 e. The Balaban J connectivity index is 1.45. The van der Waals surface area contributed by atoms with Gasteiger partial charge in [0.15, 0.2) is 5.82 Å². The molecule has 2 amide bonds. The molecule has 3 rings (SSSR count). The van der Waals surface area contributed by atoms with Crippen LogP contribution >= 0.6 is 11.8 Å². The highest BCUT2D eigenvalue weighted by Crippen LogP contribution is 2.20. The van der Waals surface area contributed by atoms with Crippen molar-refractivity contribution < 1.29 is 9.59 Å². The molecule has 3 aromatic rings. The van der Waals surface area contributed by atoms with E-state index in [1.807, 2.05) is 63.2 Å². The summed E-state index contributed by atoms with van der Waals surface area (Å²) in [5, 5.41) is 12.9. The lowest BCUT2D eigenvalue weighted by molar-refractivity contribution is -0.122. The van der Waals surface area contributed by atoms with Crippen molar-refractivity contribution in [2.75, 3.05) is 17.6 Å². The molecule has 0 fully saturated rings. The first kappa shape index (κ1) is 20.6. The van der Waals surface area contributed by atoms with Gasteiger partial charge in [0.05, 0.1) is 12.3 Å². The second-order valence-electron chi connectivity index (χ2n) is 6.69. The van der Waals surface area contributed by atoms with Gasteiger partial charge in [-0.15, -0.1) is 5.10 Å². The van der Waals surface area contributed by atoms with Crippen LogP contribution in [-0.2, 0) is 9.59 Å². The van der Waals surface area contributed by atoms with Gasteiger partial charge in [0.2, 0.25) is 17.0 Å². The summed E-state index contributed by atoms with van der Waals surface area (Å²) in [4.78, 5) is 28.5. The molecule has 7 nitrogen and oxygen atoms in total. The van der Waals surface area contributed by atoms with Crippen LogP contribution in [0.3, 0.4) is 0 Å². The first-order valence-electron chi connectivity index (χ1n) is 9.17. The summed E-state index contributed by atoms with van der Waals surface area (Å²) >= 11 is 1.21. The van der Waals surface area contributed by atoms with Crippen LogP contribution in [0.4, 0.5) is 5.69 Å². The number of aryl methyl sites for hydroxylation is 2. The molecule has 1 aromatic heterocycles. The van der Waals surface area contributed by atoms with Crippen molar-refractivity contribution in [1.82, 2.24) is 20.5 Å². The molecule has 8 heteroatoms. The van der Waals surface area contributed by atoms with Crippen molar-refractivity contribution in [1.29, 1.82) is 0 Å². The van der Waals surface area contributed by atoms with E-state index in [0.29, 0.717) is 11.0 Å². The zero-order valence-corrected chi connectivity index (χ0v) is 17.4. The largest absolute Gasteiger partial charge is 0.346 e. The number of carbonyl (C=O) groups excluding carboxylic acids is 2. The van der Waals surface area contributed by atoms with Gasteiger partial charge in [-0.05, 0) is 38.0 Å². The van der Waals surface area contributed by atoms with Crippen molar-refractivity contribution in [3.63, 3.8) is 0 Å². The van der Waals surface area contributed by atoms with Gasteiger partial charge in [0.1, 0.15) is 0 Å². The third-order valence-corrected chi connectivity index (χ3v) is 5.29. The molecule has 0 unspecified atom stereocenters.